The fraction of sp³-hybridized carbons (Fsp3) is 0.459. The summed E-state index contributed by atoms with van der Waals surface area (Å²) in [4.78, 5) is 71.4. The molecule has 0 amide bonds. The van der Waals surface area contributed by atoms with Crippen LogP contribution in [-0.2, 0) is 38.0 Å². The normalized spacial score (nSPS) is 31.8. The molecule has 3 heterocycles. The lowest BCUT2D eigenvalue weighted by Crippen LogP contribution is -2.83. The van der Waals surface area contributed by atoms with Crippen LogP contribution in [-0.4, -0.2) is 87.8 Å². The van der Waals surface area contributed by atoms with Gasteiger partial charge in [0.2, 0.25) is 0 Å². The molecule has 3 aromatic rings. The summed E-state index contributed by atoms with van der Waals surface area (Å²) >= 11 is 0. The molecule has 270 valence electrons. The van der Waals surface area contributed by atoms with E-state index in [-0.39, 0.29) is 29.5 Å². The van der Waals surface area contributed by atoms with Gasteiger partial charge in [-0.15, -0.1) is 0 Å². The summed E-state index contributed by atoms with van der Waals surface area (Å²) in [7, 11) is 0. The van der Waals surface area contributed by atoms with Crippen molar-refractivity contribution in [2.45, 2.75) is 88.7 Å². The molecule has 14 nitrogen and oxygen atoms in total. The number of furan rings is 1. The Kier molecular flexibility index (Phi) is 9.27. The zero-order chi connectivity index (χ0) is 36.8. The third-order valence-electron chi connectivity index (χ3n) is 10.3. The maximum absolute atomic E-state index is 14.1. The highest BCUT2D eigenvalue weighted by atomic mass is 16.6. The lowest BCUT2D eigenvalue weighted by molar-refractivity contribution is -0.346. The average molecular weight is 706 g/mol. The zero-order valence-electron chi connectivity index (χ0n) is 28.7. The number of aliphatic hydroxyl groups is 1. The second-order valence-corrected chi connectivity index (χ2v) is 13.8. The first kappa shape index (κ1) is 35.7. The molecule has 2 aliphatic carbocycles. The third kappa shape index (κ3) is 5.95. The zero-order valence-corrected chi connectivity index (χ0v) is 28.7. The van der Waals surface area contributed by atoms with Crippen molar-refractivity contribution in [3.63, 3.8) is 0 Å². The molecule has 0 unspecified atom stereocenters. The van der Waals surface area contributed by atoms with Gasteiger partial charge >= 0.3 is 29.8 Å². The Morgan fingerprint density at radius 2 is 1.51 bits per heavy atom. The molecule has 2 saturated carbocycles. The van der Waals surface area contributed by atoms with Crippen LogP contribution in [0.2, 0.25) is 0 Å². The molecule has 8 atom stereocenters. The van der Waals surface area contributed by atoms with Crippen LogP contribution in [0.25, 0.3) is 0 Å². The molecule has 0 radical (unpaired) electrons. The number of ether oxygens (including phenoxy) is 6. The van der Waals surface area contributed by atoms with Crippen molar-refractivity contribution in [3.8, 4) is 0 Å². The van der Waals surface area contributed by atoms with Gasteiger partial charge in [-0.3, -0.25) is 14.6 Å². The predicted octanol–water partition coefficient (Wildman–Crippen LogP) is 3.85. The topological polar surface area (TPSA) is 187 Å². The fourth-order valence-corrected chi connectivity index (χ4v) is 8.29. The van der Waals surface area contributed by atoms with Gasteiger partial charge in [0.25, 0.3) is 0 Å². The molecule has 2 aromatic heterocycles. The van der Waals surface area contributed by atoms with Crippen molar-refractivity contribution >= 4 is 29.8 Å². The average Bonchev–Trinajstić information content (AvgIpc) is 3.69. The lowest BCUT2D eigenvalue weighted by atomic mass is 9.46. The van der Waals surface area contributed by atoms with Gasteiger partial charge in [-0.25, -0.2) is 14.4 Å². The monoisotopic (exact) mass is 705 g/mol. The van der Waals surface area contributed by atoms with E-state index in [1.165, 1.54) is 69.1 Å². The van der Waals surface area contributed by atoms with Crippen LogP contribution >= 0.6 is 0 Å². The minimum absolute atomic E-state index is 0.0410. The number of pyridine rings is 1. The Morgan fingerprint density at radius 1 is 0.824 bits per heavy atom. The van der Waals surface area contributed by atoms with Gasteiger partial charge in [-0.05, 0) is 63.9 Å². The van der Waals surface area contributed by atoms with Gasteiger partial charge in [0.05, 0.1) is 40.1 Å². The van der Waals surface area contributed by atoms with E-state index in [9.17, 15) is 29.1 Å². The quantitative estimate of drug-likeness (QED) is 0.250. The number of hydrogen-bond donors (Lipinski definition) is 1. The van der Waals surface area contributed by atoms with E-state index in [0.717, 1.165) is 6.92 Å². The summed E-state index contributed by atoms with van der Waals surface area (Å²) in [6.07, 6.45) is -0.909. The SMILES string of the molecule is CC(=O)OC[C@@]12[C@@H](OC(=O)c3ccoc3)CC[C@](C)(O)[C@]13OC(C)(C)[C@H]([C@@H](OC(=O)c1cccnc1)[C@H]2OC(=O)c1ccccc1)[C@H]3OC(C)=O. The summed E-state index contributed by atoms with van der Waals surface area (Å²) in [6.45, 7) is 6.40. The van der Waals surface area contributed by atoms with Crippen molar-refractivity contribution < 1.29 is 61.9 Å². The van der Waals surface area contributed by atoms with Crippen LogP contribution < -0.4 is 0 Å². The van der Waals surface area contributed by atoms with Gasteiger partial charge in [0.15, 0.2) is 11.7 Å². The van der Waals surface area contributed by atoms with Gasteiger partial charge < -0.3 is 37.9 Å². The van der Waals surface area contributed by atoms with E-state index in [0.29, 0.717) is 0 Å². The van der Waals surface area contributed by atoms with Crippen molar-refractivity contribution in [1.29, 1.82) is 0 Å². The lowest BCUT2D eigenvalue weighted by Gasteiger charge is -2.65. The summed E-state index contributed by atoms with van der Waals surface area (Å²) < 4.78 is 42.7. The highest BCUT2D eigenvalue weighted by Gasteiger charge is 2.87. The second-order valence-electron chi connectivity index (χ2n) is 13.8. The molecule has 3 fully saturated rings. The van der Waals surface area contributed by atoms with E-state index in [1.807, 2.05) is 0 Å². The van der Waals surface area contributed by atoms with Crippen LogP contribution in [0.5, 0.6) is 0 Å². The smallest absolute Gasteiger partial charge is 0.341 e. The largest absolute Gasteiger partial charge is 0.472 e. The number of aromatic nitrogens is 1. The molecular weight excluding hydrogens is 666 g/mol. The van der Waals surface area contributed by atoms with Crippen molar-refractivity contribution in [1.82, 2.24) is 4.98 Å². The standard InChI is InChI=1S/C37H39NO13/c1-21(39)46-20-36-26(48-33(43)25-14-17-45-19-25)13-15-35(5,44)37(36)29(47-22(2)40)27(34(3,4)51-37)28(49-32(42)24-12-9-16-38-18-24)30(36)50-31(41)23-10-7-6-8-11-23/h6-12,14,16-19,26-30,44H,13,15,20H2,1-5H3/t26-,27+,28+,29+,30+,35-,36-,37-/m0/s1. The Bertz CT molecular complexity index is 1790. The fourth-order valence-electron chi connectivity index (χ4n) is 8.29. The molecule has 1 N–H and O–H groups in total. The maximum atomic E-state index is 14.1. The molecule has 1 saturated heterocycles. The number of fused-ring (bicyclic) bond motifs is 1. The molecule has 14 heteroatoms. The Hall–Kier alpha value is -5.08. The summed E-state index contributed by atoms with van der Waals surface area (Å²) in [6, 6.07) is 12.4. The van der Waals surface area contributed by atoms with E-state index < -0.39 is 89.0 Å². The van der Waals surface area contributed by atoms with Crippen molar-refractivity contribution in [2.75, 3.05) is 6.61 Å². The molecule has 3 aliphatic rings. The molecule has 1 aromatic carbocycles. The molecule has 1 spiro atoms. The minimum Gasteiger partial charge on any atom is -0.472 e. The molecule has 6 rings (SSSR count). The minimum atomic E-state index is -2.10. The Labute approximate surface area is 293 Å². The summed E-state index contributed by atoms with van der Waals surface area (Å²) in [5, 5.41) is 12.6. The van der Waals surface area contributed by atoms with Gasteiger partial charge in [0, 0.05) is 26.2 Å². The van der Waals surface area contributed by atoms with Crippen LogP contribution in [0.4, 0.5) is 0 Å². The third-order valence-corrected chi connectivity index (χ3v) is 10.3. The van der Waals surface area contributed by atoms with E-state index in [4.69, 9.17) is 32.8 Å². The molecule has 2 bridgehead atoms. The van der Waals surface area contributed by atoms with Gasteiger partial charge in [-0.1, -0.05) is 18.2 Å². The summed E-state index contributed by atoms with van der Waals surface area (Å²) in [5.41, 5.74) is -7.29. The number of esters is 5. The number of carbonyl (C=O) groups excluding carboxylic acids is 5. The Morgan fingerprint density at radius 3 is 2.14 bits per heavy atom. The predicted molar refractivity (Wildman–Crippen MR) is 173 cm³/mol. The van der Waals surface area contributed by atoms with Gasteiger partial charge in [-0.2, -0.15) is 0 Å². The van der Waals surface area contributed by atoms with E-state index >= 15 is 0 Å². The number of carbonyl (C=O) groups is 5. The first-order valence-corrected chi connectivity index (χ1v) is 16.5. The highest BCUT2D eigenvalue weighted by molar-refractivity contribution is 5.91. The number of hydrogen-bond acceptors (Lipinski definition) is 14. The first-order valence-electron chi connectivity index (χ1n) is 16.5. The molecule has 1 aliphatic heterocycles. The van der Waals surface area contributed by atoms with Gasteiger partial charge in [0.1, 0.15) is 36.6 Å². The molecular formula is C37H39NO13. The summed E-state index contributed by atoms with van der Waals surface area (Å²) in [5.74, 6) is -5.23. The van der Waals surface area contributed by atoms with E-state index in [2.05, 4.69) is 4.98 Å². The first-order chi connectivity index (χ1) is 24.1. The maximum Gasteiger partial charge on any atom is 0.341 e. The number of rotatable bonds is 9. The van der Waals surface area contributed by atoms with Crippen LogP contribution in [0.3, 0.4) is 0 Å². The van der Waals surface area contributed by atoms with E-state index in [1.54, 1.807) is 32.0 Å². The van der Waals surface area contributed by atoms with Crippen LogP contribution in [0.15, 0.2) is 77.9 Å². The van der Waals surface area contributed by atoms with Crippen LogP contribution in [0, 0.1) is 11.3 Å². The van der Waals surface area contributed by atoms with Crippen LogP contribution in [0.1, 0.15) is 78.5 Å². The number of nitrogens with zero attached hydrogens (tertiary/aromatic N) is 1. The van der Waals surface area contributed by atoms with Crippen molar-refractivity contribution in [2.24, 2.45) is 11.3 Å². The molecule has 51 heavy (non-hydrogen) atoms. The Balaban J connectivity index is 1.65. The highest BCUT2D eigenvalue weighted by Crippen LogP contribution is 2.69. The van der Waals surface area contributed by atoms with Crippen molar-refractivity contribution in [3.05, 3.63) is 90.1 Å². The number of benzene rings is 1. The second kappa shape index (κ2) is 13.2.